The van der Waals surface area contributed by atoms with Crippen molar-refractivity contribution in [3.05, 3.63) is 54.6 Å². The third-order valence-corrected chi connectivity index (χ3v) is 7.51. The number of nitrogens with one attached hydrogen (secondary N) is 1. The number of rotatable bonds is 3. The van der Waals surface area contributed by atoms with Crippen LogP contribution in [0.1, 0.15) is 13.3 Å². The van der Waals surface area contributed by atoms with Crippen molar-refractivity contribution in [3.8, 4) is 0 Å². The first-order valence-corrected chi connectivity index (χ1v) is 10.4. The average molecular weight is 386 g/mol. The molecule has 2 saturated carbocycles. The van der Waals surface area contributed by atoms with Gasteiger partial charge in [-0.3, -0.25) is 19.3 Å². The summed E-state index contributed by atoms with van der Waals surface area (Å²) in [6, 6.07) is 12.7. The number of anilines is 1. The predicted octanol–water partition coefficient (Wildman–Crippen LogP) is 3.22. The van der Waals surface area contributed by atoms with E-state index in [1.165, 1.54) is 4.90 Å². The molecule has 2 aromatic carbocycles. The van der Waals surface area contributed by atoms with Crippen molar-refractivity contribution in [1.82, 2.24) is 4.90 Å². The second-order valence-electron chi connectivity index (χ2n) is 8.89. The molecular weight excluding hydrogens is 364 g/mol. The van der Waals surface area contributed by atoms with E-state index in [0.717, 1.165) is 17.2 Å². The van der Waals surface area contributed by atoms with Crippen LogP contribution < -0.4 is 5.32 Å². The number of nitrogens with zero attached hydrogens (tertiary/aromatic N) is 1. The summed E-state index contributed by atoms with van der Waals surface area (Å²) in [7, 11) is 0. The third kappa shape index (κ3) is 2.24. The predicted molar refractivity (Wildman–Crippen MR) is 109 cm³/mol. The molecule has 1 aliphatic heterocycles. The second kappa shape index (κ2) is 5.78. The van der Waals surface area contributed by atoms with E-state index >= 15 is 0 Å². The highest BCUT2D eigenvalue weighted by Gasteiger charge is 2.67. The zero-order valence-electron chi connectivity index (χ0n) is 16.1. The standard InChI is InChI=1S/C24H22N2O3/c1-12(22(27)25-19-8-4-6-13-5-2-3-7-14(13)19)26-23(28)20-15-9-10-16(18-11-17(15)18)21(20)24(26)29/h2-10,12,15-18,20-21H,11H2,1H3,(H,25,27)/t12-,15+,16+,17+,18+,20-,21+/m1/s1. The normalized spacial score (nSPS) is 34.9. The van der Waals surface area contributed by atoms with Gasteiger partial charge < -0.3 is 5.32 Å². The van der Waals surface area contributed by atoms with Gasteiger partial charge in [-0.05, 0) is 48.5 Å². The molecule has 4 aliphatic carbocycles. The number of carbonyl (C=O) groups excluding carboxylic acids is 3. The molecule has 7 atom stereocenters. The molecule has 0 radical (unpaired) electrons. The lowest BCUT2D eigenvalue weighted by atomic mass is 9.63. The molecule has 0 spiro atoms. The van der Waals surface area contributed by atoms with E-state index in [0.29, 0.717) is 17.5 Å². The molecule has 5 heteroatoms. The first-order chi connectivity index (χ1) is 14.1. The fourth-order valence-corrected chi connectivity index (χ4v) is 6.05. The van der Waals surface area contributed by atoms with E-state index in [4.69, 9.17) is 0 Å². The van der Waals surface area contributed by atoms with Crippen LogP contribution in [0.3, 0.4) is 0 Å². The van der Waals surface area contributed by atoms with Crippen LogP contribution in [0.25, 0.3) is 10.8 Å². The van der Waals surface area contributed by atoms with Gasteiger partial charge in [0.2, 0.25) is 17.7 Å². The maximum atomic E-state index is 13.2. The molecule has 3 amide bonds. The molecule has 1 saturated heterocycles. The smallest absolute Gasteiger partial charge is 0.247 e. The van der Waals surface area contributed by atoms with Gasteiger partial charge in [0, 0.05) is 11.1 Å². The minimum Gasteiger partial charge on any atom is -0.324 e. The van der Waals surface area contributed by atoms with Gasteiger partial charge in [-0.15, -0.1) is 0 Å². The molecule has 0 aromatic heterocycles. The molecule has 2 aromatic rings. The van der Waals surface area contributed by atoms with Crippen molar-refractivity contribution < 1.29 is 14.4 Å². The lowest BCUT2D eigenvalue weighted by Gasteiger charge is -2.37. The lowest BCUT2D eigenvalue weighted by Crippen LogP contribution is -2.46. The molecule has 1 N–H and O–H groups in total. The molecule has 7 rings (SSSR count). The highest BCUT2D eigenvalue weighted by molar-refractivity contribution is 6.11. The number of allylic oxidation sites excluding steroid dienone is 2. The Morgan fingerprint density at radius 1 is 0.966 bits per heavy atom. The zero-order chi connectivity index (χ0) is 19.9. The fraction of sp³-hybridized carbons (Fsp3) is 0.375. The molecule has 2 bridgehead atoms. The van der Waals surface area contributed by atoms with Crippen molar-refractivity contribution in [2.24, 2.45) is 35.5 Å². The Balaban J connectivity index is 1.27. The zero-order valence-corrected chi connectivity index (χ0v) is 16.1. The van der Waals surface area contributed by atoms with Crippen LogP contribution in [-0.4, -0.2) is 28.7 Å². The molecule has 1 heterocycles. The van der Waals surface area contributed by atoms with Crippen LogP contribution in [0.5, 0.6) is 0 Å². The van der Waals surface area contributed by atoms with Gasteiger partial charge in [0.25, 0.3) is 0 Å². The van der Waals surface area contributed by atoms with Crippen LogP contribution in [0.15, 0.2) is 54.6 Å². The van der Waals surface area contributed by atoms with E-state index in [1.54, 1.807) is 6.92 Å². The summed E-state index contributed by atoms with van der Waals surface area (Å²) >= 11 is 0. The fourth-order valence-electron chi connectivity index (χ4n) is 6.05. The van der Waals surface area contributed by atoms with Gasteiger partial charge in [-0.1, -0.05) is 48.6 Å². The van der Waals surface area contributed by atoms with E-state index in [1.807, 2.05) is 42.5 Å². The van der Waals surface area contributed by atoms with Crippen LogP contribution in [-0.2, 0) is 14.4 Å². The maximum Gasteiger partial charge on any atom is 0.247 e. The number of imide groups is 1. The molecular formula is C24H22N2O3. The van der Waals surface area contributed by atoms with Crippen molar-refractivity contribution in [2.45, 2.75) is 19.4 Å². The largest absolute Gasteiger partial charge is 0.324 e. The van der Waals surface area contributed by atoms with Crippen LogP contribution in [0.2, 0.25) is 0 Å². The Bertz CT molecular complexity index is 1070. The van der Waals surface area contributed by atoms with Crippen LogP contribution in [0, 0.1) is 35.5 Å². The van der Waals surface area contributed by atoms with Gasteiger partial charge in [0.15, 0.2) is 0 Å². The minimum atomic E-state index is -0.824. The summed E-state index contributed by atoms with van der Waals surface area (Å²) in [5.74, 6) is 0.269. The van der Waals surface area contributed by atoms with E-state index in [2.05, 4.69) is 17.5 Å². The van der Waals surface area contributed by atoms with E-state index < -0.39 is 6.04 Å². The summed E-state index contributed by atoms with van der Waals surface area (Å²) in [5.41, 5.74) is 0.694. The van der Waals surface area contributed by atoms with Crippen molar-refractivity contribution in [1.29, 1.82) is 0 Å². The summed E-state index contributed by atoms with van der Waals surface area (Å²) in [4.78, 5) is 40.7. The van der Waals surface area contributed by atoms with E-state index in [9.17, 15) is 14.4 Å². The molecule has 29 heavy (non-hydrogen) atoms. The van der Waals surface area contributed by atoms with Gasteiger partial charge in [0.05, 0.1) is 11.8 Å². The lowest BCUT2D eigenvalue weighted by molar-refractivity contribution is -0.146. The number of carbonyl (C=O) groups is 3. The van der Waals surface area contributed by atoms with Crippen molar-refractivity contribution in [3.63, 3.8) is 0 Å². The van der Waals surface area contributed by atoms with Gasteiger partial charge in [0.1, 0.15) is 6.04 Å². The van der Waals surface area contributed by atoms with E-state index in [-0.39, 0.29) is 41.4 Å². The number of amides is 3. The Morgan fingerprint density at radius 2 is 1.59 bits per heavy atom. The molecule has 146 valence electrons. The number of hydrogen-bond acceptors (Lipinski definition) is 3. The number of benzene rings is 2. The average Bonchev–Trinajstić information content (AvgIpc) is 3.51. The Hall–Kier alpha value is -2.95. The van der Waals surface area contributed by atoms with Crippen molar-refractivity contribution >= 4 is 34.2 Å². The highest BCUT2D eigenvalue weighted by atomic mass is 16.2. The number of likely N-dealkylation sites (tertiary alicyclic amines) is 1. The molecule has 3 fully saturated rings. The first-order valence-electron chi connectivity index (χ1n) is 10.4. The maximum absolute atomic E-state index is 13.2. The van der Waals surface area contributed by atoms with Gasteiger partial charge >= 0.3 is 0 Å². The Morgan fingerprint density at radius 3 is 2.28 bits per heavy atom. The number of hydrogen-bond donors (Lipinski definition) is 1. The topological polar surface area (TPSA) is 66.5 Å². The molecule has 5 aliphatic rings. The summed E-state index contributed by atoms with van der Waals surface area (Å²) in [6.07, 6.45) is 5.43. The molecule has 5 nitrogen and oxygen atoms in total. The first kappa shape index (κ1) is 17.0. The minimum absolute atomic E-state index is 0.162. The Kier molecular flexibility index (Phi) is 3.38. The summed E-state index contributed by atoms with van der Waals surface area (Å²) < 4.78 is 0. The quantitative estimate of drug-likeness (QED) is 0.651. The van der Waals surface area contributed by atoms with Crippen LogP contribution in [0.4, 0.5) is 5.69 Å². The van der Waals surface area contributed by atoms with Crippen LogP contribution >= 0.6 is 0 Å². The van der Waals surface area contributed by atoms with Crippen molar-refractivity contribution in [2.75, 3.05) is 5.32 Å². The summed E-state index contributed by atoms with van der Waals surface area (Å²) in [5, 5.41) is 4.90. The monoisotopic (exact) mass is 386 g/mol. The Labute approximate surface area is 168 Å². The second-order valence-corrected chi connectivity index (χ2v) is 8.89. The van der Waals surface area contributed by atoms with Gasteiger partial charge in [-0.2, -0.15) is 0 Å². The summed E-state index contributed by atoms with van der Waals surface area (Å²) in [6.45, 7) is 1.66. The number of fused-ring (bicyclic) bond motifs is 1. The highest BCUT2D eigenvalue weighted by Crippen LogP contribution is 2.65. The van der Waals surface area contributed by atoms with Gasteiger partial charge in [-0.25, -0.2) is 0 Å². The third-order valence-electron chi connectivity index (χ3n) is 7.51. The SMILES string of the molecule is C[C@H](C(=O)Nc1cccc2ccccc12)N1C(=O)[C@@H]2[C@H]3C=C[C@@H]([C@@H]4C[C@@H]34)[C@@H]2C1=O. The molecule has 0 unspecified atom stereocenters.